The number of carbonyl (C=O) groups excluding carboxylic acids is 1. The molecular weight excluding hydrogens is 272 g/mol. The molecule has 0 spiro atoms. The van der Waals surface area contributed by atoms with E-state index in [4.69, 9.17) is 22.7 Å². The summed E-state index contributed by atoms with van der Waals surface area (Å²) in [6, 6.07) is 0. The number of morpholine rings is 1. The Morgan fingerprint density at radius 1 is 1.25 bits per heavy atom. The smallest absolute Gasteiger partial charge is 0.235 e. The second-order valence-corrected chi connectivity index (χ2v) is 6.35. The molecule has 1 saturated heterocycles. The number of ether oxygens (including phenoxy) is 1. The van der Waals surface area contributed by atoms with Crippen LogP contribution in [0.1, 0.15) is 53.4 Å². The van der Waals surface area contributed by atoms with Gasteiger partial charge in [-0.15, -0.1) is 0 Å². The SMILES string of the molecule is CCCC(CCC)(C(=O)N1CC(C)OC(C)C1)C(N)=S. The van der Waals surface area contributed by atoms with Gasteiger partial charge in [-0.3, -0.25) is 4.79 Å². The summed E-state index contributed by atoms with van der Waals surface area (Å²) in [7, 11) is 0. The quantitative estimate of drug-likeness (QED) is 0.766. The lowest BCUT2D eigenvalue weighted by Crippen LogP contribution is -2.56. The highest BCUT2D eigenvalue weighted by Crippen LogP contribution is 2.34. The number of amides is 1. The third kappa shape index (κ3) is 3.70. The zero-order valence-corrected chi connectivity index (χ0v) is 14.0. The first-order valence-electron chi connectivity index (χ1n) is 7.62. The Hall–Kier alpha value is -0.680. The minimum atomic E-state index is -0.671. The lowest BCUT2D eigenvalue weighted by Gasteiger charge is -2.41. The molecule has 0 aliphatic carbocycles. The number of nitrogens with two attached hydrogens (primary N) is 1. The highest BCUT2D eigenvalue weighted by atomic mass is 32.1. The van der Waals surface area contributed by atoms with E-state index in [0.29, 0.717) is 18.1 Å². The van der Waals surface area contributed by atoms with Crippen LogP contribution in [0.3, 0.4) is 0 Å². The number of carbonyl (C=O) groups is 1. The first kappa shape index (κ1) is 17.4. The summed E-state index contributed by atoms with van der Waals surface area (Å²) in [5, 5.41) is 0. The Balaban J connectivity index is 3.00. The number of rotatable bonds is 6. The highest BCUT2D eigenvalue weighted by Gasteiger charge is 2.43. The van der Waals surface area contributed by atoms with Crippen LogP contribution in [-0.4, -0.2) is 41.1 Å². The lowest BCUT2D eigenvalue weighted by atomic mass is 9.77. The molecule has 116 valence electrons. The fourth-order valence-electron chi connectivity index (χ4n) is 3.19. The predicted octanol–water partition coefficient (Wildman–Crippen LogP) is 2.49. The number of thiocarbonyl (C=S) groups is 1. The first-order chi connectivity index (χ1) is 9.37. The third-order valence-corrected chi connectivity index (χ3v) is 4.33. The van der Waals surface area contributed by atoms with E-state index >= 15 is 0 Å². The van der Waals surface area contributed by atoms with Crippen molar-refractivity contribution in [2.45, 2.75) is 65.6 Å². The van der Waals surface area contributed by atoms with Gasteiger partial charge in [-0.2, -0.15) is 0 Å². The van der Waals surface area contributed by atoms with Crippen LogP contribution in [0.15, 0.2) is 0 Å². The maximum absolute atomic E-state index is 13.0. The molecule has 0 aromatic carbocycles. The molecule has 2 atom stereocenters. The second kappa shape index (κ2) is 7.36. The Morgan fingerprint density at radius 3 is 2.05 bits per heavy atom. The van der Waals surface area contributed by atoms with Gasteiger partial charge in [0.05, 0.1) is 22.6 Å². The molecule has 1 rings (SSSR count). The van der Waals surface area contributed by atoms with Crippen molar-refractivity contribution >= 4 is 23.1 Å². The summed E-state index contributed by atoms with van der Waals surface area (Å²) in [5.74, 6) is 0.0932. The maximum atomic E-state index is 13.0. The van der Waals surface area contributed by atoms with Crippen LogP contribution < -0.4 is 5.73 Å². The van der Waals surface area contributed by atoms with Crippen molar-refractivity contribution in [3.8, 4) is 0 Å². The Kier molecular flexibility index (Phi) is 6.40. The molecule has 1 aliphatic heterocycles. The molecule has 2 N–H and O–H groups in total. The molecule has 5 heteroatoms. The molecule has 0 aromatic heterocycles. The first-order valence-corrected chi connectivity index (χ1v) is 8.03. The van der Waals surface area contributed by atoms with E-state index in [9.17, 15) is 4.79 Å². The molecule has 1 amide bonds. The van der Waals surface area contributed by atoms with Crippen molar-refractivity contribution < 1.29 is 9.53 Å². The van der Waals surface area contributed by atoms with Crippen LogP contribution in [0, 0.1) is 5.41 Å². The molecular formula is C15H28N2O2S. The Labute approximate surface area is 128 Å². The topological polar surface area (TPSA) is 55.6 Å². The van der Waals surface area contributed by atoms with Crippen molar-refractivity contribution in [2.75, 3.05) is 13.1 Å². The van der Waals surface area contributed by atoms with Crippen LogP contribution in [0.4, 0.5) is 0 Å². The normalized spacial score (nSPS) is 23.7. The van der Waals surface area contributed by atoms with Gasteiger partial charge in [0.2, 0.25) is 5.91 Å². The fraction of sp³-hybridized carbons (Fsp3) is 0.867. The van der Waals surface area contributed by atoms with E-state index in [2.05, 4.69) is 13.8 Å². The van der Waals surface area contributed by atoms with Gasteiger partial charge in [0.15, 0.2) is 0 Å². The average molecular weight is 300 g/mol. The summed E-state index contributed by atoms with van der Waals surface area (Å²) < 4.78 is 5.70. The number of hydrogen-bond donors (Lipinski definition) is 1. The Morgan fingerprint density at radius 2 is 1.70 bits per heavy atom. The summed E-state index contributed by atoms with van der Waals surface area (Å²) in [5.41, 5.74) is 5.30. The minimum absolute atomic E-state index is 0.0648. The zero-order valence-electron chi connectivity index (χ0n) is 13.1. The Bertz CT molecular complexity index is 344. The van der Waals surface area contributed by atoms with E-state index in [0.717, 1.165) is 25.7 Å². The number of nitrogens with zero attached hydrogens (tertiary/aromatic N) is 1. The van der Waals surface area contributed by atoms with Gasteiger partial charge < -0.3 is 15.4 Å². The molecule has 0 saturated carbocycles. The van der Waals surface area contributed by atoms with E-state index in [1.54, 1.807) is 0 Å². The molecule has 1 heterocycles. The van der Waals surface area contributed by atoms with Crippen LogP contribution in [0.25, 0.3) is 0 Å². The van der Waals surface area contributed by atoms with Gasteiger partial charge in [-0.25, -0.2) is 0 Å². The van der Waals surface area contributed by atoms with Crippen LogP contribution in [0.5, 0.6) is 0 Å². The van der Waals surface area contributed by atoms with Crippen molar-refractivity contribution in [1.82, 2.24) is 4.90 Å². The molecule has 20 heavy (non-hydrogen) atoms. The van der Waals surface area contributed by atoms with Crippen molar-refractivity contribution in [3.63, 3.8) is 0 Å². The van der Waals surface area contributed by atoms with Gasteiger partial charge in [0, 0.05) is 13.1 Å². The number of hydrogen-bond acceptors (Lipinski definition) is 3. The molecule has 0 bridgehead atoms. The van der Waals surface area contributed by atoms with Crippen LogP contribution in [-0.2, 0) is 9.53 Å². The standard InChI is InChI=1S/C15H28N2O2S/c1-5-7-15(8-6-2,13(16)20)14(18)17-9-11(3)19-12(4)10-17/h11-12H,5-10H2,1-4H3,(H2,16,20). The van der Waals surface area contributed by atoms with Crippen molar-refractivity contribution in [1.29, 1.82) is 0 Å². The second-order valence-electron chi connectivity index (χ2n) is 5.91. The van der Waals surface area contributed by atoms with Gasteiger partial charge in [0.25, 0.3) is 0 Å². The molecule has 2 unspecified atom stereocenters. The molecule has 0 radical (unpaired) electrons. The fourth-order valence-corrected chi connectivity index (χ4v) is 3.48. The average Bonchev–Trinajstić information content (AvgIpc) is 2.36. The summed E-state index contributed by atoms with van der Waals surface area (Å²) in [4.78, 5) is 15.3. The summed E-state index contributed by atoms with van der Waals surface area (Å²) in [6.45, 7) is 9.39. The van der Waals surface area contributed by atoms with E-state index in [-0.39, 0.29) is 18.1 Å². The van der Waals surface area contributed by atoms with Crippen LogP contribution >= 0.6 is 12.2 Å². The van der Waals surface area contributed by atoms with Gasteiger partial charge >= 0.3 is 0 Å². The van der Waals surface area contributed by atoms with Gasteiger partial charge in [0.1, 0.15) is 0 Å². The highest BCUT2D eigenvalue weighted by molar-refractivity contribution is 7.80. The predicted molar refractivity (Wildman–Crippen MR) is 85.6 cm³/mol. The van der Waals surface area contributed by atoms with E-state index < -0.39 is 5.41 Å². The largest absolute Gasteiger partial charge is 0.392 e. The maximum Gasteiger partial charge on any atom is 0.235 e. The van der Waals surface area contributed by atoms with Crippen molar-refractivity contribution in [2.24, 2.45) is 11.1 Å². The third-order valence-electron chi connectivity index (χ3n) is 3.94. The molecule has 1 aliphatic rings. The minimum Gasteiger partial charge on any atom is -0.392 e. The molecule has 1 fully saturated rings. The van der Waals surface area contributed by atoms with Gasteiger partial charge in [-0.1, -0.05) is 38.9 Å². The zero-order chi connectivity index (χ0) is 15.3. The van der Waals surface area contributed by atoms with Crippen molar-refractivity contribution in [3.05, 3.63) is 0 Å². The summed E-state index contributed by atoms with van der Waals surface area (Å²) in [6.07, 6.45) is 3.39. The van der Waals surface area contributed by atoms with Crippen LogP contribution in [0.2, 0.25) is 0 Å². The molecule has 4 nitrogen and oxygen atoms in total. The monoisotopic (exact) mass is 300 g/mol. The van der Waals surface area contributed by atoms with E-state index in [1.807, 2.05) is 18.7 Å². The van der Waals surface area contributed by atoms with E-state index in [1.165, 1.54) is 0 Å². The lowest BCUT2D eigenvalue weighted by molar-refractivity contribution is -0.150. The molecule has 0 aromatic rings. The van der Waals surface area contributed by atoms with Gasteiger partial charge in [-0.05, 0) is 26.7 Å². The summed E-state index contributed by atoms with van der Waals surface area (Å²) >= 11 is 5.26.